The van der Waals surface area contributed by atoms with Crippen LogP contribution in [0.3, 0.4) is 0 Å². The second-order valence-corrected chi connectivity index (χ2v) is 26.2. The van der Waals surface area contributed by atoms with Crippen molar-refractivity contribution in [1.82, 2.24) is 0 Å². The van der Waals surface area contributed by atoms with Gasteiger partial charge in [-0.1, -0.05) is 134 Å². The van der Waals surface area contributed by atoms with Crippen molar-refractivity contribution in [1.29, 1.82) is 0 Å². The van der Waals surface area contributed by atoms with Gasteiger partial charge in [-0.15, -0.1) is 0 Å². The van der Waals surface area contributed by atoms with E-state index in [9.17, 15) is 16.8 Å². The highest BCUT2D eigenvalue weighted by Gasteiger charge is 2.41. The van der Waals surface area contributed by atoms with Gasteiger partial charge in [0.15, 0.2) is 5.75 Å². The second kappa shape index (κ2) is 17.2. The summed E-state index contributed by atoms with van der Waals surface area (Å²) in [6.45, 7) is 22.3. The normalized spacial score (nSPS) is 13.4. The van der Waals surface area contributed by atoms with Crippen LogP contribution in [0.5, 0.6) is 11.5 Å². The smallest absolute Gasteiger partial charge is 0.339 e. The Kier molecular flexibility index (Phi) is 13.0. The quantitative estimate of drug-likeness (QED) is 0.110. The lowest BCUT2D eigenvalue weighted by atomic mass is 9.87. The zero-order valence-electron chi connectivity index (χ0n) is 37.6. The molecular weight excluding hydrogens is 873 g/mol. The predicted molar refractivity (Wildman–Crippen MR) is 251 cm³/mol. The molecule has 6 aromatic carbocycles. The van der Waals surface area contributed by atoms with E-state index < -0.39 is 57.1 Å². The molecule has 9 nitrogen and oxygen atoms in total. The van der Waals surface area contributed by atoms with Crippen LogP contribution in [0.1, 0.15) is 90.1 Å². The lowest BCUT2D eigenvalue weighted by molar-refractivity contribution is 0.464. The van der Waals surface area contributed by atoms with Crippen LogP contribution >= 0.6 is 10.3 Å². The fourth-order valence-corrected chi connectivity index (χ4v) is 13.9. The van der Waals surface area contributed by atoms with Crippen LogP contribution in [-0.2, 0) is 50.2 Å². The monoisotopic (exact) mass is 928 g/mol. The fraction of sp³-hybridized carbons (Fsp3) is 0.280. The zero-order valence-corrected chi connectivity index (χ0v) is 40.9. The highest BCUT2D eigenvalue weighted by molar-refractivity contribution is 8.33. The molecule has 0 aliphatic rings. The molecule has 0 bridgehead atoms. The first kappa shape index (κ1) is 47.6. The molecule has 63 heavy (non-hydrogen) atoms. The number of benzene rings is 6. The van der Waals surface area contributed by atoms with Gasteiger partial charge in [0.1, 0.15) is 20.4 Å². The van der Waals surface area contributed by atoms with Crippen molar-refractivity contribution in [3.8, 4) is 11.5 Å². The number of aryl methyl sites for hydroxylation is 2. The minimum absolute atomic E-state index is 0.171. The van der Waals surface area contributed by atoms with Crippen molar-refractivity contribution in [2.75, 3.05) is 0 Å². The average Bonchev–Trinajstić information content (AvgIpc) is 3.20. The molecule has 0 aliphatic carbocycles. The Morgan fingerprint density at radius 1 is 0.365 bits per heavy atom. The van der Waals surface area contributed by atoms with Gasteiger partial charge in [0.2, 0.25) is 0 Å². The van der Waals surface area contributed by atoms with Gasteiger partial charge in [-0.3, -0.25) is 0 Å². The Morgan fingerprint density at radius 2 is 0.683 bits per heavy atom. The van der Waals surface area contributed by atoms with Crippen molar-refractivity contribution in [2.45, 2.75) is 122 Å². The molecular formula is C50H56O9S4. The van der Waals surface area contributed by atoms with E-state index in [4.69, 9.17) is 12.0 Å². The van der Waals surface area contributed by atoms with Gasteiger partial charge in [-0.05, 0) is 130 Å². The summed E-state index contributed by atoms with van der Waals surface area (Å²) in [4.78, 5) is 0.447. The molecule has 0 unspecified atom stereocenters. The van der Waals surface area contributed by atoms with E-state index in [1.54, 1.807) is 38.1 Å². The molecule has 0 radical (unpaired) electrons. The molecule has 0 amide bonds. The van der Waals surface area contributed by atoms with E-state index in [1.165, 1.54) is 24.3 Å². The maximum Gasteiger partial charge on any atom is 0.339 e. The summed E-state index contributed by atoms with van der Waals surface area (Å²) in [6.07, 6.45) is 0. The molecule has 0 atom stereocenters. The lowest BCUT2D eigenvalue weighted by Crippen LogP contribution is -2.18. The molecule has 0 spiro atoms. The van der Waals surface area contributed by atoms with Gasteiger partial charge in [-0.25, -0.2) is 3.63 Å². The molecule has 13 heteroatoms. The van der Waals surface area contributed by atoms with Crippen LogP contribution in [0, 0.1) is 13.8 Å². The van der Waals surface area contributed by atoms with Gasteiger partial charge < -0.3 is 8.37 Å². The van der Waals surface area contributed by atoms with Crippen molar-refractivity contribution in [2.24, 2.45) is 0 Å². The maximum absolute atomic E-state index is 15.5. The Morgan fingerprint density at radius 3 is 1.02 bits per heavy atom. The van der Waals surface area contributed by atoms with Gasteiger partial charge in [0.05, 0.1) is 0 Å². The molecule has 6 rings (SSSR count). The predicted octanol–water partition coefficient (Wildman–Crippen LogP) is 12.3. The summed E-state index contributed by atoms with van der Waals surface area (Å²) in [5.74, 6) is -1.05. The molecule has 0 heterocycles. The first-order valence-corrected chi connectivity index (χ1v) is 26.2. The van der Waals surface area contributed by atoms with Crippen molar-refractivity contribution in [3.05, 3.63) is 167 Å². The maximum atomic E-state index is 15.5. The number of hydrogen-bond acceptors (Lipinski definition) is 9. The van der Waals surface area contributed by atoms with Gasteiger partial charge in [0, 0.05) is 20.8 Å². The van der Waals surface area contributed by atoms with Gasteiger partial charge in [-0.2, -0.15) is 25.3 Å². The third-order valence-electron chi connectivity index (χ3n) is 10.6. The number of hydrogen-bond donors (Lipinski definition) is 0. The number of rotatable bonds is 12. The van der Waals surface area contributed by atoms with Gasteiger partial charge in [0.25, 0.3) is 0 Å². The van der Waals surface area contributed by atoms with E-state index in [0.29, 0.717) is 14.7 Å². The second-order valence-electron chi connectivity index (χ2n) is 18.7. The Labute approximate surface area is 376 Å². The van der Waals surface area contributed by atoms with E-state index in [0.717, 1.165) is 46.0 Å². The van der Waals surface area contributed by atoms with E-state index in [1.807, 2.05) is 72.8 Å². The van der Waals surface area contributed by atoms with Crippen LogP contribution in [0.2, 0.25) is 0 Å². The average molecular weight is 929 g/mol. The largest absolute Gasteiger partial charge is 0.379 e. The Bertz CT molecular complexity index is 2780. The third kappa shape index (κ3) is 10.6. The molecule has 0 saturated carbocycles. The van der Waals surface area contributed by atoms with Crippen LogP contribution < -0.4 is 8.37 Å². The first-order valence-electron chi connectivity index (χ1n) is 20.4. The molecule has 0 aromatic heterocycles. The summed E-state index contributed by atoms with van der Waals surface area (Å²) in [6, 6.07) is 37.8. The van der Waals surface area contributed by atoms with E-state index in [-0.39, 0.29) is 26.0 Å². The van der Waals surface area contributed by atoms with E-state index >= 15 is 8.42 Å². The highest BCUT2D eigenvalue weighted by Crippen LogP contribution is 2.71. The van der Waals surface area contributed by atoms with Crippen LogP contribution in [0.15, 0.2) is 169 Å². The Hall–Kier alpha value is -4.92. The summed E-state index contributed by atoms with van der Waals surface area (Å²) < 4.78 is 104. The minimum atomic E-state index is -5.15. The minimum Gasteiger partial charge on any atom is -0.379 e. The molecule has 0 fully saturated rings. The topological polar surface area (TPSA) is 130 Å². The molecule has 0 aliphatic heterocycles. The SMILES string of the molecule is Cc1ccc(S(=O)(=O)Oc2ccc(OS(=O)(=O)c3ccc(C)cc3)c(S(=O)(=O)OS(c3ccc(C(C)(C)C)cc3)(c3ccc(C(C)(C)C)cc3)c3ccc(C(C)(C)C)cc3)c2)cc1. The highest BCUT2D eigenvalue weighted by atomic mass is 32.3. The van der Waals surface area contributed by atoms with Crippen LogP contribution in [0.4, 0.5) is 0 Å². The summed E-state index contributed by atoms with van der Waals surface area (Å²) in [7, 11) is -17.6. The van der Waals surface area contributed by atoms with Gasteiger partial charge >= 0.3 is 30.4 Å². The molecule has 0 saturated heterocycles. The van der Waals surface area contributed by atoms with E-state index in [2.05, 4.69) is 62.3 Å². The van der Waals surface area contributed by atoms with Crippen molar-refractivity contribution in [3.63, 3.8) is 0 Å². The molecule has 334 valence electrons. The zero-order chi connectivity index (χ0) is 46.4. The standard InChI is InChI=1S/C50H56O9S4/c1-35-12-23-44(24-13-35)61(51,52)57-40-22-33-46(58-62(53,54)45-25-14-36(2)15-26-45)47(34-40)63(55,56)59-60(41-27-16-37(17-28-41)48(3,4)5,42-29-18-38(19-30-42)49(6,7)8)43-31-20-39(21-32-43)50(9,10)11/h12-34H,1-11H3. The molecule has 6 aromatic rings. The van der Waals surface area contributed by atoms with Crippen molar-refractivity contribution >= 4 is 40.7 Å². The van der Waals surface area contributed by atoms with Crippen LogP contribution in [-0.4, -0.2) is 25.3 Å². The summed E-state index contributed by atoms with van der Waals surface area (Å²) in [5, 5.41) is 0. The third-order valence-corrected chi connectivity index (χ3v) is 18.3. The lowest BCUT2D eigenvalue weighted by Gasteiger charge is -2.40. The first-order chi connectivity index (χ1) is 29.1. The Balaban J connectivity index is 1.63. The van der Waals surface area contributed by atoms with Crippen molar-refractivity contribution < 1.29 is 37.2 Å². The fourth-order valence-electron chi connectivity index (χ4n) is 6.69. The van der Waals surface area contributed by atoms with Crippen LogP contribution in [0.25, 0.3) is 0 Å². The molecule has 0 N–H and O–H groups in total. The summed E-state index contributed by atoms with van der Waals surface area (Å²) >= 11 is 0. The summed E-state index contributed by atoms with van der Waals surface area (Å²) in [5.41, 5.74) is 3.92.